The molecule has 4 nitrogen and oxygen atoms in total. The molecule has 0 aromatic heterocycles. The number of hydrogen-bond donors (Lipinski definition) is 2. The molecule has 0 heterocycles. The molecular formula is C14H9Cl4N3O. The molecule has 0 atom stereocenters. The summed E-state index contributed by atoms with van der Waals surface area (Å²) in [6.07, 6.45) is 0. The summed E-state index contributed by atoms with van der Waals surface area (Å²) in [6.45, 7) is 0. The first-order chi connectivity index (χ1) is 10.4. The van der Waals surface area contributed by atoms with E-state index in [-0.39, 0.29) is 5.84 Å². The maximum absolute atomic E-state index is 8.43. The molecule has 0 aliphatic rings. The predicted molar refractivity (Wildman–Crippen MR) is 90.1 cm³/mol. The average Bonchev–Trinajstić information content (AvgIpc) is 2.47. The van der Waals surface area contributed by atoms with E-state index in [1.54, 1.807) is 30.3 Å². The van der Waals surface area contributed by atoms with Crippen molar-refractivity contribution in [2.75, 3.05) is 0 Å². The smallest absolute Gasteiger partial charge is 0.171 e. The monoisotopic (exact) mass is 375 g/mol. The molecule has 0 saturated heterocycles. The van der Waals surface area contributed by atoms with Crippen LogP contribution in [0.15, 0.2) is 41.6 Å². The SMILES string of the molecule is N#Cc1ccc(Cl)cc1Cl.NC(=NO)c1ccc(Cl)cc1Cl. The Morgan fingerprint density at radius 2 is 1.55 bits per heavy atom. The Kier molecular flexibility index (Phi) is 7.30. The Labute approximate surface area is 147 Å². The van der Waals surface area contributed by atoms with E-state index in [0.29, 0.717) is 31.2 Å². The van der Waals surface area contributed by atoms with Crippen LogP contribution >= 0.6 is 46.4 Å². The molecule has 0 bridgehead atoms. The zero-order chi connectivity index (χ0) is 16.7. The van der Waals surface area contributed by atoms with Crippen molar-refractivity contribution in [1.82, 2.24) is 0 Å². The van der Waals surface area contributed by atoms with Crippen molar-refractivity contribution in [3.8, 4) is 6.07 Å². The van der Waals surface area contributed by atoms with Gasteiger partial charge < -0.3 is 10.9 Å². The second-order valence-corrected chi connectivity index (χ2v) is 5.53. The summed E-state index contributed by atoms with van der Waals surface area (Å²) in [5.74, 6) is -0.0309. The lowest BCUT2D eigenvalue weighted by atomic mass is 10.2. The van der Waals surface area contributed by atoms with Gasteiger partial charge in [0.2, 0.25) is 0 Å². The second kappa shape index (κ2) is 8.72. The van der Waals surface area contributed by atoms with E-state index in [2.05, 4.69) is 5.16 Å². The number of benzene rings is 2. The van der Waals surface area contributed by atoms with Crippen LogP contribution in [0.2, 0.25) is 20.1 Å². The largest absolute Gasteiger partial charge is 0.409 e. The fourth-order valence-electron chi connectivity index (χ4n) is 1.33. The highest BCUT2D eigenvalue weighted by Crippen LogP contribution is 2.20. The van der Waals surface area contributed by atoms with E-state index in [4.69, 9.17) is 62.6 Å². The minimum absolute atomic E-state index is 0.0309. The molecule has 2 aromatic carbocycles. The van der Waals surface area contributed by atoms with E-state index in [0.717, 1.165) is 0 Å². The molecule has 2 rings (SSSR count). The van der Waals surface area contributed by atoms with Crippen LogP contribution in [0.5, 0.6) is 0 Å². The fraction of sp³-hybridized carbons (Fsp3) is 0. The van der Waals surface area contributed by atoms with Gasteiger partial charge in [-0.25, -0.2) is 0 Å². The van der Waals surface area contributed by atoms with Gasteiger partial charge in [0.1, 0.15) is 6.07 Å². The normalized spacial score (nSPS) is 10.4. The Bertz CT molecular complexity index is 741. The number of amidine groups is 1. The number of halogens is 4. The molecule has 22 heavy (non-hydrogen) atoms. The number of rotatable bonds is 1. The van der Waals surface area contributed by atoms with Gasteiger partial charge in [0.05, 0.1) is 15.6 Å². The molecule has 0 aliphatic carbocycles. The molecule has 3 N–H and O–H groups in total. The molecule has 114 valence electrons. The highest BCUT2D eigenvalue weighted by molar-refractivity contribution is 6.37. The van der Waals surface area contributed by atoms with E-state index in [9.17, 15) is 0 Å². The van der Waals surface area contributed by atoms with Crippen LogP contribution in [0.25, 0.3) is 0 Å². The third kappa shape index (κ3) is 5.28. The molecule has 0 saturated carbocycles. The predicted octanol–water partition coefficient (Wildman–Crippen LogP) is 4.95. The summed E-state index contributed by atoms with van der Waals surface area (Å²) >= 11 is 22.6. The third-order valence-electron chi connectivity index (χ3n) is 2.37. The number of hydrogen-bond acceptors (Lipinski definition) is 3. The lowest BCUT2D eigenvalue weighted by Crippen LogP contribution is -2.13. The van der Waals surface area contributed by atoms with E-state index >= 15 is 0 Å². The summed E-state index contributed by atoms with van der Waals surface area (Å²) in [6, 6.07) is 11.4. The third-order valence-corrected chi connectivity index (χ3v) is 3.46. The Morgan fingerprint density at radius 1 is 1.00 bits per heavy atom. The molecule has 0 fully saturated rings. The van der Waals surface area contributed by atoms with Gasteiger partial charge in [0.25, 0.3) is 0 Å². The van der Waals surface area contributed by atoms with Crippen molar-refractivity contribution in [1.29, 1.82) is 5.26 Å². The number of nitrogens with zero attached hydrogens (tertiary/aromatic N) is 2. The standard InChI is InChI=1S/C7H6Cl2N2O.C7H3Cl2N/c8-4-1-2-5(6(9)3-4)7(10)11-12;8-6-2-1-5(4-10)7(9)3-6/h1-3,12H,(H2,10,11);1-3H. The van der Waals surface area contributed by atoms with Gasteiger partial charge >= 0.3 is 0 Å². The quantitative estimate of drug-likeness (QED) is 0.319. The summed E-state index contributed by atoms with van der Waals surface area (Å²) < 4.78 is 0. The summed E-state index contributed by atoms with van der Waals surface area (Å²) in [7, 11) is 0. The van der Waals surface area contributed by atoms with Crippen LogP contribution in [0.1, 0.15) is 11.1 Å². The number of nitrogens with two attached hydrogens (primary N) is 1. The van der Waals surface area contributed by atoms with E-state index in [1.807, 2.05) is 6.07 Å². The molecular weight excluding hydrogens is 368 g/mol. The van der Waals surface area contributed by atoms with Crippen molar-refractivity contribution in [2.45, 2.75) is 0 Å². The molecule has 0 aliphatic heterocycles. The van der Waals surface area contributed by atoms with Crippen LogP contribution in [-0.4, -0.2) is 11.0 Å². The van der Waals surface area contributed by atoms with Crippen molar-refractivity contribution in [3.05, 3.63) is 67.6 Å². The van der Waals surface area contributed by atoms with Crippen molar-refractivity contribution in [2.24, 2.45) is 10.9 Å². The van der Waals surface area contributed by atoms with Crippen molar-refractivity contribution in [3.63, 3.8) is 0 Å². The van der Waals surface area contributed by atoms with Gasteiger partial charge in [-0.3, -0.25) is 0 Å². The zero-order valence-electron chi connectivity index (χ0n) is 10.9. The fourth-order valence-corrected chi connectivity index (χ4v) is 2.29. The van der Waals surface area contributed by atoms with Crippen LogP contribution in [0.3, 0.4) is 0 Å². The van der Waals surface area contributed by atoms with Crippen LogP contribution in [0.4, 0.5) is 0 Å². The van der Waals surface area contributed by atoms with E-state index in [1.165, 1.54) is 6.07 Å². The molecule has 2 aromatic rings. The Hall–Kier alpha value is -1.64. The maximum atomic E-state index is 8.43. The Balaban J connectivity index is 0.000000224. The molecule has 0 unspecified atom stereocenters. The molecule has 0 spiro atoms. The van der Waals surface area contributed by atoms with Crippen molar-refractivity contribution < 1.29 is 5.21 Å². The first-order valence-electron chi connectivity index (χ1n) is 5.67. The average molecular weight is 377 g/mol. The van der Waals surface area contributed by atoms with Gasteiger partial charge in [0, 0.05) is 15.6 Å². The van der Waals surface area contributed by atoms with Gasteiger partial charge in [-0.1, -0.05) is 51.6 Å². The van der Waals surface area contributed by atoms with E-state index < -0.39 is 0 Å². The Morgan fingerprint density at radius 3 is 2.00 bits per heavy atom. The molecule has 0 amide bonds. The summed E-state index contributed by atoms with van der Waals surface area (Å²) in [5.41, 5.74) is 6.23. The first-order valence-corrected chi connectivity index (χ1v) is 7.18. The van der Waals surface area contributed by atoms with Gasteiger partial charge in [-0.2, -0.15) is 5.26 Å². The van der Waals surface area contributed by atoms with Gasteiger partial charge in [-0.05, 0) is 36.4 Å². The zero-order valence-corrected chi connectivity index (χ0v) is 13.9. The second-order valence-electron chi connectivity index (χ2n) is 3.85. The minimum atomic E-state index is -0.0309. The molecule has 0 radical (unpaired) electrons. The maximum Gasteiger partial charge on any atom is 0.171 e. The minimum Gasteiger partial charge on any atom is -0.409 e. The summed E-state index contributed by atoms with van der Waals surface area (Å²) in [4.78, 5) is 0. The lowest BCUT2D eigenvalue weighted by Gasteiger charge is -2.01. The summed E-state index contributed by atoms with van der Waals surface area (Å²) in [5, 5.41) is 21.4. The highest BCUT2D eigenvalue weighted by atomic mass is 35.5. The van der Waals surface area contributed by atoms with Crippen LogP contribution in [-0.2, 0) is 0 Å². The highest BCUT2D eigenvalue weighted by Gasteiger charge is 2.04. The number of oxime groups is 1. The van der Waals surface area contributed by atoms with Crippen LogP contribution < -0.4 is 5.73 Å². The molecule has 8 heteroatoms. The van der Waals surface area contributed by atoms with Gasteiger partial charge in [0.15, 0.2) is 5.84 Å². The van der Waals surface area contributed by atoms with Crippen molar-refractivity contribution >= 4 is 52.2 Å². The first kappa shape index (κ1) is 18.4. The van der Waals surface area contributed by atoms with Crippen LogP contribution in [0, 0.1) is 11.3 Å². The topological polar surface area (TPSA) is 82.4 Å². The number of nitriles is 1. The lowest BCUT2D eigenvalue weighted by molar-refractivity contribution is 0.318. The van der Waals surface area contributed by atoms with Gasteiger partial charge in [-0.15, -0.1) is 0 Å².